The first-order chi connectivity index (χ1) is 7.20. The van der Waals surface area contributed by atoms with Crippen LogP contribution < -0.4 is 5.73 Å². The van der Waals surface area contributed by atoms with Gasteiger partial charge in [-0.1, -0.05) is 0 Å². The van der Waals surface area contributed by atoms with Crippen molar-refractivity contribution in [2.75, 3.05) is 20.6 Å². The first kappa shape index (κ1) is 10.6. The Hall–Kier alpha value is -0.870. The van der Waals surface area contributed by atoms with Crippen LogP contribution in [0, 0.1) is 5.92 Å². The Morgan fingerprint density at radius 1 is 1.60 bits per heavy atom. The molecule has 84 valence electrons. The predicted molar refractivity (Wildman–Crippen MR) is 60.5 cm³/mol. The van der Waals surface area contributed by atoms with Crippen LogP contribution in [0.25, 0.3) is 0 Å². The van der Waals surface area contributed by atoms with Crippen molar-refractivity contribution in [3.63, 3.8) is 0 Å². The highest BCUT2D eigenvalue weighted by atomic mass is 15.1. The van der Waals surface area contributed by atoms with E-state index in [4.69, 9.17) is 5.73 Å². The van der Waals surface area contributed by atoms with Gasteiger partial charge in [-0.05, 0) is 39.4 Å². The maximum Gasteiger partial charge on any atom is 0.0952 e. The molecule has 0 fully saturated rings. The monoisotopic (exact) mass is 208 g/mol. The van der Waals surface area contributed by atoms with Crippen molar-refractivity contribution >= 4 is 0 Å². The summed E-state index contributed by atoms with van der Waals surface area (Å²) in [7, 11) is 4.16. The van der Waals surface area contributed by atoms with Crippen LogP contribution in [0.15, 0.2) is 6.33 Å². The molecule has 0 aromatic carbocycles. The van der Waals surface area contributed by atoms with Gasteiger partial charge in [0.2, 0.25) is 0 Å². The van der Waals surface area contributed by atoms with Gasteiger partial charge in [-0.3, -0.25) is 0 Å². The average molecular weight is 208 g/mol. The van der Waals surface area contributed by atoms with E-state index in [-0.39, 0.29) is 0 Å². The number of nitrogens with zero attached hydrogens (tertiary/aromatic N) is 3. The van der Waals surface area contributed by atoms with Gasteiger partial charge >= 0.3 is 0 Å². The molecule has 1 atom stereocenters. The van der Waals surface area contributed by atoms with Crippen LogP contribution in [0.4, 0.5) is 0 Å². The second-order valence-corrected chi connectivity index (χ2v) is 4.67. The lowest BCUT2D eigenvalue weighted by molar-refractivity contribution is 0.366. The number of imidazole rings is 1. The Morgan fingerprint density at radius 3 is 3.07 bits per heavy atom. The zero-order valence-corrected chi connectivity index (χ0v) is 9.61. The van der Waals surface area contributed by atoms with Gasteiger partial charge in [-0.15, -0.1) is 0 Å². The smallest absolute Gasteiger partial charge is 0.0952 e. The molecular weight excluding hydrogens is 188 g/mol. The lowest BCUT2D eigenvalue weighted by atomic mass is 9.97. The first-order valence-electron chi connectivity index (χ1n) is 5.58. The number of nitrogens with two attached hydrogens (primary N) is 1. The molecule has 0 bridgehead atoms. The highest BCUT2D eigenvalue weighted by molar-refractivity contribution is 5.15. The molecule has 4 nitrogen and oxygen atoms in total. The van der Waals surface area contributed by atoms with Crippen LogP contribution in [-0.4, -0.2) is 35.1 Å². The molecule has 1 unspecified atom stereocenters. The Morgan fingerprint density at radius 2 is 2.40 bits per heavy atom. The number of fused-ring (bicyclic) bond motifs is 1. The minimum atomic E-state index is 0.638. The summed E-state index contributed by atoms with van der Waals surface area (Å²) in [4.78, 5) is 6.65. The van der Waals surface area contributed by atoms with Crippen LogP contribution in [-0.2, 0) is 19.5 Å². The third-order valence-corrected chi connectivity index (χ3v) is 3.08. The maximum absolute atomic E-state index is 5.71. The molecule has 4 heteroatoms. The van der Waals surface area contributed by atoms with Crippen molar-refractivity contribution in [2.45, 2.75) is 25.9 Å². The van der Waals surface area contributed by atoms with E-state index in [9.17, 15) is 0 Å². The minimum Gasteiger partial charge on any atom is -0.334 e. The van der Waals surface area contributed by atoms with Crippen molar-refractivity contribution < 1.29 is 0 Å². The molecule has 2 rings (SSSR count). The van der Waals surface area contributed by atoms with Crippen molar-refractivity contribution in [2.24, 2.45) is 11.7 Å². The van der Waals surface area contributed by atoms with E-state index in [0.717, 1.165) is 26.1 Å². The molecule has 2 heterocycles. The normalized spacial score (nSPS) is 20.7. The van der Waals surface area contributed by atoms with E-state index in [1.54, 1.807) is 0 Å². The van der Waals surface area contributed by atoms with Crippen molar-refractivity contribution in [1.82, 2.24) is 14.5 Å². The van der Waals surface area contributed by atoms with Crippen LogP contribution in [0.5, 0.6) is 0 Å². The number of aromatic nitrogens is 2. The van der Waals surface area contributed by atoms with Crippen molar-refractivity contribution in [3.8, 4) is 0 Å². The van der Waals surface area contributed by atoms with Crippen molar-refractivity contribution in [1.29, 1.82) is 0 Å². The Kier molecular flexibility index (Phi) is 3.07. The fourth-order valence-corrected chi connectivity index (χ4v) is 2.23. The number of rotatable bonds is 3. The molecule has 0 amide bonds. The molecule has 1 aliphatic heterocycles. The summed E-state index contributed by atoms with van der Waals surface area (Å²) < 4.78 is 2.28. The van der Waals surface area contributed by atoms with Gasteiger partial charge in [-0.2, -0.15) is 0 Å². The highest BCUT2D eigenvalue weighted by Crippen LogP contribution is 2.22. The summed E-state index contributed by atoms with van der Waals surface area (Å²) in [5.74, 6) is 0.638. The fraction of sp³-hybridized carbons (Fsp3) is 0.727. The molecule has 1 aliphatic rings. The SMILES string of the molecule is CN(C)Cc1ncn2c1CCC(CN)C2. The van der Waals surface area contributed by atoms with Gasteiger partial charge in [0, 0.05) is 18.8 Å². The molecule has 2 N–H and O–H groups in total. The Bertz CT molecular complexity index is 329. The van der Waals surface area contributed by atoms with Gasteiger partial charge in [0.05, 0.1) is 12.0 Å². The maximum atomic E-state index is 5.71. The zero-order valence-electron chi connectivity index (χ0n) is 9.61. The van der Waals surface area contributed by atoms with Gasteiger partial charge in [0.15, 0.2) is 0 Å². The Balaban J connectivity index is 2.15. The average Bonchev–Trinajstić information content (AvgIpc) is 2.60. The molecule has 1 aromatic rings. The Labute approximate surface area is 91.1 Å². The van der Waals surface area contributed by atoms with Gasteiger partial charge in [0.1, 0.15) is 0 Å². The summed E-state index contributed by atoms with van der Waals surface area (Å²) in [6, 6.07) is 0. The lowest BCUT2D eigenvalue weighted by Crippen LogP contribution is -2.26. The standard InChI is InChI=1S/C11H20N4/c1-14(2)7-10-11-4-3-9(5-12)6-15(11)8-13-10/h8-9H,3-7,12H2,1-2H3. The van der Waals surface area contributed by atoms with E-state index in [0.29, 0.717) is 5.92 Å². The fourth-order valence-electron chi connectivity index (χ4n) is 2.23. The third kappa shape index (κ3) is 2.21. The summed E-state index contributed by atoms with van der Waals surface area (Å²) in [6.45, 7) is 2.78. The molecule has 0 saturated heterocycles. The highest BCUT2D eigenvalue weighted by Gasteiger charge is 2.20. The summed E-state index contributed by atoms with van der Waals surface area (Å²) >= 11 is 0. The summed E-state index contributed by atoms with van der Waals surface area (Å²) in [5, 5.41) is 0. The van der Waals surface area contributed by atoms with E-state index >= 15 is 0 Å². The van der Waals surface area contributed by atoms with Gasteiger partial charge < -0.3 is 15.2 Å². The molecule has 0 aliphatic carbocycles. The summed E-state index contributed by atoms with van der Waals surface area (Å²) in [6.07, 6.45) is 4.31. The van der Waals surface area contributed by atoms with Crippen LogP contribution in [0.2, 0.25) is 0 Å². The van der Waals surface area contributed by atoms with Crippen LogP contribution >= 0.6 is 0 Å². The largest absolute Gasteiger partial charge is 0.334 e. The van der Waals surface area contributed by atoms with Crippen LogP contribution in [0.1, 0.15) is 17.8 Å². The predicted octanol–water partition coefficient (Wildman–Crippen LogP) is 0.466. The van der Waals surface area contributed by atoms with Crippen LogP contribution in [0.3, 0.4) is 0 Å². The molecule has 15 heavy (non-hydrogen) atoms. The molecule has 1 aromatic heterocycles. The molecular formula is C11H20N4. The quantitative estimate of drug-likeness (QED) is 0.785. The first-order valence-corrected chi connectivity index (χ1v) is 5.58. The van der Waals surface area contributed by atoms with E-state index in [1.807, 2.05) is 6.33 Å². The zero-order chi connectivity index (χ0) is 10.8. The second kappa shape index (κ2) is 4.33. The van der Waals surface area contributed by atoms with E-state index in [2.05, 4.69) is 28.5 Å². The molecule has 0 radical (unpaired) electrons. The minimum absolute atomic E-state index is 0.638. The second-order valence-electron chi connectivity index (χ2n) is 4.67. The topological polar surface area (TPSA) is 47.1 Å². The van der Waals surface area contributed by atoms with E-state index < -0.39 is 0 Å². The van der Waals surface area contributed by atoms with Gasteiger partial charge in [-0.25, -0.2) is 4.98 Å². The molecule has 0 saturated carbocycles. The lowest BCUT2D eigenvalue weighted by Gasteiger charge is -2.23. The number of hydrogen-bond acceptors (Lipinski definition) is 3. The van der Waals surface area contributed by atoms with Crippen molar-refractivity contribution in [3.05, 3.63) is 17.7 Å². The van der Waals surface area contributed by atoms with Gasteiger partial charge in [0.25, 0.3) is 0 Å². The molecule has 0 spiro atoms. The summed E-state index contributed by atoms with van der Waals surface area (Å²) in [5.41, 5.74) is 8.35. The third-order valence-electron chi connectivity index (χ3n) is 3.08. The van der Waals surface area contributed by atoms with E-state index in [1.165, 1.54) is 17.8 Å². The number of hydrogen-bond donors (Lipinski definition) is 1.